The normalized spacial score (nSPS) is 18.6. The Kier molecular flexibility index (Phi) is 4.15. The first-order chi connectivity index (χ1) is 10.7. The number of carbonyl (C=O) groups is 1. The largest absolute Gasteiger partial charge is 0.330 e. The van der Waals surface area contributed by atoms with Crippen molar-refractivity contribution in [2.75, 3.05) is 13.1 Å². The molecule has 4 heteroatoms. The Hall–Kier alpha value is -2.28. The summed E-state index contributed by atoms with van der Waals surface area (Å²) in [5, 5.41) is 0. The van der Waals surface area contributed by atoms with Crippen LogP contribution in [0.4, 0.5) is 0 Å². The number of fused-ring (bicyclic) bond motifs is 1. The summed E-state index contributed by atoms with van der Waals surface area (Å²) < 4.78 is 2.25. The Morgan fingerprint density at radius 1 is 1.36 bits per heavy atom. The lowest BCUT2D eigenvalue weighted by molar-refractivity contribution is -0.125. The second-order valence-electron chi connectivity index (χ2n) is 5.87. The minimum Gasteiger partial charge on any atom is -0.330 e. The van der Waals surface area contributed by atoms with Crippen molar-refractivity contribution in [2.45, 2.75) is 39.2 Å². The van der Waals surface area contributed by atoms with Crippen LogP contribution in [-0.2, 0) is 4.79 Å². The molecular weight excluding hydrogens is 274 g/mol. The summed E-state index contributed by atoms with van der Waals surface area (Å²) in [6.45, 7) is 5.34. The molecule has 3 rings (SSSR count). The van der Waals surface area contributed by atoms with Crippen LogP contribution in [0.15, 0.2) is 24.5 Å². The summed E-state index contributed by atoms with van der Waals surface area (Å²) >= 11 is 0. The molecule has 0 saturated carbocycles. The number of aromatic nitrogens is 2. The number of benzene rings is 1. The van der Waals surface area contributed by atoms with Crippen LogP contribution < -0.4 is 0 Å². The van der Waals surface area contributed by atoms with E-state index in [1.165, 1.54) is 11.1 Å². The van der Waals surface area contributed by atoms with E-state index in [2.05, 4.69) is 34.4 Å². The standard InChI is InChI=1S/C18H21N3O/c1-3-7-17(22)20-11-5-4-9-15(12-20)21-13-19-16-10-6-8-14(2)18(16)21/h6,8,10,13,15H,4-5,9,11-12H2,1-2H3/t15-/m1/s1. The average Bonchev–Trinajstić information content (AvgIpc) is 2.79. The van der Waals surface area contributed by atoms with E-state index in [-0.39, 0.29) is 11.9 Å². The summed E-state index contributed by atoms with van der Waals surface area (Å²) in [5.41, 5.74) is 3.43. The highest BCUT2D eigenvalue weighted by molar-refractivity contribution is 5.93. The minimum absolute atomic E-state index is 0.0597. The molecule has 1 atom stereocenters. The van der Waals surface area contributed by atoms with Gasteiger partial charge in [-0.25, -0.2) is 4.98 Å². The van der Waals surface area contributed by atoms with Crippen LogP contribution in [0.1, 0.15) is 37.8 Å². The number of hydrogen-bond donors (Lipinski definition) is 0. The van der Waals surface area contributed by atoms with Crippen molar-refractivity contribution in [1.82, 2.24) is 14.5 Å². The SMILES string of the molecule is CC#CC(=O)N1CCCC[C@@H](n2cnc3cccc(C)c32)C1. The minimum atomic E-state index is -0.0597. The zero-order valence-electron chi connectivity index (χ0n) is 13.2. The van der Waals surface area contributed by atoms with Crippen molar-refractivity contribution in [1.29, 1.82) is 0 Å². The maximum absolute atomic E-state index is 12.1. The number of para-hydroxylation sites is 1. The van der Waals surface area contributed by atoms with Gasteiger partial charge in [-0.3, -0.25) is 4.79 Å². The molecule has 1 fully saturated rings. The third-order valence-electron chi connectivity index (χ3n) is 4.35. The van der Waals surface area contributed by atoms with E-state index in [0.717, 1.165) is 31.3 Å². The molecule has 1 aliphatic heterocycles. The van der Waals surface area contributed by atoms with Crippen LogP contribution >= 0.6 is 0 Å². The first-order valence-corrected chi connectivity index (χ1v) is 7.84. The molecule has 0 spiro atoms. The van der Waals surface area contributed by atoms with Crippen molar-refractivity contribution in [3.8, 4) is 11.8 Å². The molecule has 22 heavy (non-hydrogen) atoms. The lowest BCUT2D eigenvalue weighted by Crippen LogP contribution is -2.34. The van der Waals surface area contributed by atoms with Crippen LogP contribution in [0.25, 0.3) is 11.0 Å². The van der Waals surface area contributed by atoms with Crippen molar-refractivity contribution in [3.05, 3.63) is 30.1 Å². The van der Waals surface area contributed by atoms with Gasteiger partial charge >= 0.3 is 0 Å². The molecule has 4 nitrogen and oxygen atoms in total. The lowest BCUT2D eigenvalue weighted by Gasteiger charge is -2.24. The molecule has 0 aliphatic carbocycles. The number of aryl methyl sites for hydroxylation is 1. The fourth-order valence-electron chi connectivity index (χ4n) is 3.26. The number of imidazole rings is 1. The predicted octanol–water partition coefficient (Wildman–Crippen LogP) is 2.92. The highest BCUT2D eigenvalue weighted by Crippen LogP contribution is 2.27. The van der Waals surface area contributed by atoms with Gasteiger partial charge in [-0.05, 0) is 50.7 Å². The molecule has 1 aromatic heterocycles. The number of rotatable bonds is 1. The highest BCUT2D eigenvalue weighted by atomic mass is 16.2. The summed E-state index contributed by atoms with van der Waals surface area (Å²) in [6.07, 6.45) is 5.16. The fraction of sp³-hybridized carbons (Fsp3) is 0.444. The van der Waals surface area contributed by atoms with E-state index in [1.54, 1.807) is 6.92 Å². The van der Waals surface area contributed by atoms with Gasteiger partial charge in [-0.2, -0.15) is 0 Å². The molecule has 1 aliphatic rings. The number of carbonyl (C=O) groups excluding carboxylic acids is 1. The molecule has 1 amide bonds. The Morgan fingerprint density at radius 3 is 3.05 bits per heavy atom. The second-order valence-corrected chi connectivity index (χ2v) is 5.87. The van der Waals surface area contributed by atoms with Crippen LogP contribution in [0, 0.1) is 18.8 Å². The van der Waals surface area contributed by atoms with E-state index < -0.39 is 0 Å². The average molecular weight is 295 g/mol. The number of nitrogens with zero attached hydrogens (tertiary/aromatic N) is 3. The van der Waals surface area contributed by atoms with Gasteiger partial charge in [0.2, 0.25) is 0 Å². The molecule has 0 unspecified atom stereocenters. The monoisotopic (exact) mass is 295 g/mol. The van der Waals surface area contributed by atoms with E-state index in [4.69, 9.17) is 0 Å². The summed E-state index contributed by atoms with van der Waals surface area (Å²) in [7, 11) is 0. The Bertz CT molecular complexity index is 751. The van der Waals surface area contributed by atoms with Gasteiger partial charge in [0.25, 0.3) is 5.91 Å². The van der Waals surface area contributed by atoms with E-state index >= 15 is 0 Å². The zero-order chi connectivity index (χ0) is 15.5. The molecule has 2 aromatic rings. The molecule has 0 N–H and O–H groups in total. The van der Waals surface area contributed by atoms with Crippen molar-refractivity contribution in [2.24, 2.45) is 0 Å². The van der Waals surface area contributed by atoms with Gasteiger partial charge in [0.15, 0.2) is 0 Å². The van der Waals surface area contributed by atoms with Gasteiger partial charge in [0, 0.05) is 13.1 Å². The van der Waals surface area contributed by atoms with Crippen LogP contribution in [0.5, 0.6) is 0 Å². The molecule has 0 bridgehead atoms. The van der Waals surface area contributed by atoms with Gasteiger partial charge in [0.05, 0.1) is 23.4 Å². The molecule has 0 radical (unpaired) electrons. The smallest absolute Gasteiger partial charge is 0.298 e. The quantitative estimate of drug-likeness (QED) is 0.759. The molecule has 114 valence electrons. The number of hydrogen-bond acceptors (Lipinski definition) is 2. The molecule has 2 heterocycles. The van der Waals surface area contributed by atoms with Crippen LogP contribution in [0.3, 0.4) is 0 Å². The Balaban J connectivity index is 1.94. The maximum Gasteiger partial charge on any atom is 0.298 e. The van der Waals surface area contributed by atoms with E-state index in [1.807, 2.05) is 23.4 Å². The predicted molar refractivity (Wildman–Crippen MR) is 87.4 cm³/mol. The molecular formula is C18H21N3O. The van der Waals surface area contributed by atoms with Crippen molar-refractivity contribution < 1.29 is 4.79 Å². The van der Waals surface area contributed by atoms with Gasteiger partial charge in [-0.1, -0.05) is 18.1 Å². The topological polar surface area (TPSA) is 38.1 Å². The third kappa shape index (κ3) is 2.71. The van der Waals surface area contributed by atoms with Crippen molar-refractivity contribution >= 4 is 16.9 Å². The number of likely N-dealkylation sites (tertiary alicyclic amines) is 1. The van der Waals surface area contributed by atoms with E-state index in [0.29, 0.717) is 6.54 Å². The summed E-state index contributed by atoms with van der Waals surface area (Å²) in [6, 6.07) is 6.47. The maximum atomic E-state index is 12.1. The molecule has 1 aromatic carbocycles. The first-order valence-electron chi connectivity index (χ1n) is 7.84. The van der Waals surface area contributed by atoms with E-state index in [9.17, 15) is 4.79 Å². The van der Waals surface area contributed by atoms with Gasteiger partial charge in [-0.15, -0.1) is 0 Å². The van der Waals surface area contributed by atoms with Crippen LogP contribution in [-0.4, -0.2) is 33.4 Å². The highest BCUT2D eigenvalue weighted by Gasteiger charge is 2.23. The zero-order valence-corrected chi connectivity index (χ0v) is 13.2. The first kappa shape index (κ1) is 14.6. The Morgan fingerprint density at radius 2 is 2.23 bits per heavy atom. The van der Waals surface area contributed by atoms with Gasteiger partial charge in [0.1, 0.15) is 0 Å². The lowest BCUT2D eigenvalue weighted by atomic mass is 10.1. The Labute approximate surface area is 131 Å². The summed E-state index contributed by atoms with van der Waals surface area (Å²) in [5.74, 6) is 5.32. The second kappa shape index (κ2) is 6.23. The van der Waals surface area contributed by atoms with Gasteiger partial charge < -0.3 is 9.47 Å². The third-order valence-corrected chi connectivity index (χ3v) is 4.35. The van der Waals surface area contributed by atoms with Crippen molar-refractivity contribution in [3.63, 3.8) is 0 Å². The molecule has 1 saturated heterocycles. The van der Waals surface area contributed by atoms with Crippen LogP contribution in [0.2, 0.25) is 0 Å². The fourth-order valence-corrected chi connectivity index (χ4v) is 3.26. The summed E-state index contributed by atoms with van der Waals surface area (Å²) in [4.78, 5) is 18.5. The number of amides is 1.